The molecule has 1 aliphatic rings. The lowest BCUT2D eigenvalue weighted by Gasteiger charge is -2.04. The van der Waals surface area contributed by atoms with Crippen LogP contribution in [0, 0.1) is 0 Å². The van der Waals surface area contributed by atoms with Crippen molar-refractivity contribution >= 4 is 0 Å². The third kappa shape index (κ3) is 3.05. The highest BCUT2D eigenvalue weighted by atomic mass is 15.0. The van der Waals surface area contributed by atoms with E-state index in [4.69, 9.17) is 0 Å². The summed E-state index contributed by atoms with van der Waals surface area (Å²) in [5, 5.41) is 6.90. The number of rotatable bonds is 6. The Kier molecular flexibility index (Phi) is 3.75. The highest BCUT2D eigenvalue weighted by Crippen LogP contribution is 2.40. The van der Waals surface area contributed by atoms with Crippen molar-refractivity contribution in [2.75, 3.05) is 19.6 Å². The molecule has 2 unspecified atom stereocenters. The standard InChI is InChI=1S/C13H20N2/c1-2-14-8-9-15-13-10-12(13)11-6-4-3-5-7-11/h3-7,12-15H,2,8-10H2,1H3. The molecule has 0 radical (unpaired) electrons. The Bertz CT molecular complexity index is 284. The van der Waals surface area contributed by atoms with E-state index in [1.54, 1.807) is 0 Å². The van der Waals surface area contributed by atoms with E-state index in [0.717, 1.165) is 25.6 Å². The average Bonchev–Trinajstić information content (AvgIpc) is 3.05. The smallest absolute Gasteiger partial charge is 0.0143 e. The summed E-state index contributed by atoms with van der Waals surface area (Å²) in [4.78, 5) is 0. The summed E-state index contributed by atoms with van der Waals surface area (Å²) >= 11 is 0. The Morgan fingerprint density at radius 2 is 2.00 bits per heavy atom. The second-order valence-corrected chi connectivity index (χ2v) is 4.17. The molecule has 1 aliphatic carbocycles. The number of hydrogen-bond acceptors (Lipinski definition) is 2. The predicted molar refractivity (Wildman–Crippen MR) is 64.1 cm³/mol. The van der Waals surface area contributed by atoms with Gasteiger partial charge in [-0.1, -0.05) is 37.3 Å². The van der Waals surface area contributed by atoms with E-state index in [1.807, 2.05) is 0 Å². The van der Waals surface area contributed by atoms with Crippen molar-refractivity contribution in [3.8, 4) is 0 Å². The number of benzene rings is 1. The van der Waals surface area contributed by atoms with Crippen LogP contribution < -0.4 is 10.6 Å². The average molecular weight is 204 g/mol. The largest absolute Gasteiger partial charge is 0.316 e. The molecule has 1 saturated carbocycles. The fraction of sp³-hybridized carbons (Fsp3) is 0.538. The predicted octanol–water partition coefficient (Wildman–Crippen LogP) is 1.74. The molecular formula is C13H20N2. The van der Waals surface area contributed by atoms with Crippen LogP contribution in [-0.4, -0.2) is 25.7 Å². The van der Waals surface area contributed by atoms with Crippen LogP contribution in [0.1, 0.15) is 24.8 Å². The maximum absolute atomic E-state index is 3.58. The molecule has 2 atom stereocenters. The quantitative estimate of drug-likeness (QED) is 0.690. The lowest BCUT2D eigenvalue weighted by atomic mass is 10.1. The van der Waals surface area contributed by atoms with Gasteiger partial charge in [-0.2, -0.15) is 0 Å². The maximum atomic E-state index is 3.58. The summed E-state index contributed by atoms with van der Waals surface area (Å²) in [5.74, 6) is 0.757. The van der Waals surface area contributed by atoms with Gasteiger partial charge in [-0.05, 0) is 18.5 Å². The highest BCUT2D eigenvalue weighted by Gasteiger charge is 2.37. The Hall–Kier alpha value is -0.860. The summed E-state index contributed by atoms with van der Waals surface area (Å²) in [6, 6.07) is 11.5. The molecule has 0 saturated heterocycles. The molecule has 0 heterocycles. The third-order valence-corrected chi connectivity index (χ3v) is 2.98. The molecule has 0 bridgehead atoms. The highest BCUT2D eigenvalue weighted by molar-refractivity contribution is 5.27. The minimum atomic E-state index is 0.714. The maximum Gasteiger partial charge on any atom is 0.0143 e. The topological polar surface area (TPSA) is 24.1 Å². The first-order chi connectivity index (χ1) is 7.42. The van der Waals surface area contributed by atoms with Crippen LogP contribution in [0.25, 0.3) is 0 Å². The first-order valence-corrected chi connectivity index (χ1v) is 5.91. The van der Waals surface area contributed by atoms with Gasteiger partial charge in [-0.25, -0.2) is 0 Å². The minimum Gasteiger partial charge on any atom is -0.316 e. The van der Waals surface area contributed by atoms with Gasteiger partial charge in [0.2, 0.25) is 0 Å². The zero-order valence-electron chi connectivity index (χ0n) is 9.37. The van der Waals surface area contributed by atoms with E-state index in [1.165, 1.54) is 12.0 Å². The minimum absolute atomic E-state index is 0.714. The van der Waals surface area contributed by atoms with Crippen LogP contribution in [0.2, 0.25) is 0 Å². The van der Waals surface area contributed by atoms with Gasteiger partial charge in [0, 0.05) is 25.0 Å². The number of hydrogen-bond donors (Lipinski definition) is 2. The Balaban J connectivity index is 1.68. The summed E-state index contributed by atoms with van der Waals surface area (Å²) in [6.07, 6.45) is 1.30. The summed E-state index contributed by atoms with van der Waals surface area (Å²) in [7, 11) is 0. The van der Waals surface area contributed by atoms with Crippen LogP contribution in [0.5, 0.6) is 0 Å². The van der Waals surface area contributed by atoms with Crippen molar-refractivity contribution < 1.29 is 0 Å². The van der Waals surface area contributed by atoms with Gasteiger partial charge in [0.25, 0.3) is 0 Å². The van der Waals surface area contributed by atoms with Gasteiger partial charge in [0.05, 0.1) is 0 Å². The van der Waals surface area contributed by atoms with Crippen LogP contribution in [0.15, 0.2) is 30.3 Å². The van der Waals surface area contributed by atoms with E-state index in [0.29, 0.717) is 6.04 Å². The Morgan fingerprint density at radius 1 is 1.20 bits per heavy atom. The van der Waals surface area contributed by atoms with Gasteiger partial charge in [0.15, 0.2) is 0 Å². The lowest BCUT2D eigenvalue weighted by molar-refractivity contribution is 0.615. The molecule has 1 aromatic rings. The van der Waals surface area contributed by atoms with E-state index >= 15 is 0 Å². The van der Waals surface area contributed by atoms with Crippen molar-refractivity contribution in [3.05, 3.63) is 35.9 Å². The van der Waals surface area contributed by atoms with Gasteiger partial charge in [-0.3, -0.25) is 0 Å². The molecule has 0 amide bonds. The van der Waals surface area contributed by atoms with Gasteiger partial charge in [-0.15, -0.1) is 0 Å². The molecule has 15 heavy (non-hydrogen) atoms. The number of nitrogens with one attached hydrogen (secondary N) is 2. The molecule has 2 nitrogen and oxygen atoms in total. The molecule has 0 spiro atoms. The fourth-order valence-electron chi connectivity index (χ4n) is 2.01. The monoisotopic (exact) mass is 204 g/mol. The van der Waals surface area contributed by atoms with Crippen molar-refractivity contribution in [3.63, 3.8) is 0 Å². The van der Waals surface area contributed by atoms with Crippen molar-refractivity contribution in [2.45, 2.75) is 25.3 Å². The normalized spacial score (nSPS) is 24.1. The molecule has 1 fully saturated rings. The summed E-state index contributed by atoms with van der Waals surface area (Å²) < 4.78 is 0. The van der Waals surface area contributed by atoms with Gasteiger partial charge >= 0.3 is 0 Å². The van der Waals surface area contributed by atoms with E-state index in [-0.39, 0.29) is 0 Å². The Labute approximate surface area is 92.1 Å². The van der Waals surface area contributed by atoms with Crippen LogP contribution >= 0.6 is 0 Å². The zero-order valence-corrected chi connectivity index (χ0v) is 9.37. The van der Waals surface area contributed by atoms with Crippen LogP contribution in [0.3, 0.4) is 0 Å². The fourth-order valence-corrected chi connectivity index (χ4v) is 2.01. The van der Waals surface area contributed by atoms with E-state index in [9.17, 15) is 0 Å². The van der Waals surface area contributed by atoms with E-state index in [2.05, 4.69) is 47.9 Å². The van der Waals surface area contributed by atoms with Crippen molar-refractivity contribution in [1.82, 2.24) is 10.6 Å². The lowest BCUT2D eigenvalue weighted by Crippen LogP contribution is -2.29. The summed E-state index contributed by atoms with van der Waals surface area (Å²) in [6.45, 7) is 5.37. The van der Waals surface area contributed by atoms with Crippen molar-refractivity contribution in [1.29, 1.82) is 0 Å². The molecule has 1 aromatic carbocycles. The molecular weight excluding hydrogens is 184 g/mol. The van der Waals surface area contributed by atoms with Gasteiger partial charge < -0.3 is 10.6 Å². The van der Waals surface area contributed by atoms with Crippen LogP contribution in [0.4, 0.5) is 0 Å². The SMILES string of the molecule is CCNCCNC1CC1c1ccccc1. The molecule has 82 valence electrons. The molecule has 2 heteroatoms. The molecule has 0 aromatic heterocycles. The molecule has 0 aliphatic heterocycles. The molecule has 2 rings (SSSR count). The zero-order chi connectivity index (χ0) is 10.5. The van der Waals surface area contributed by atoms with Gasteiger partial charge in [0.1, 0.15) is 0 Å². The van der Waals surface area contributed by atoms with E-state index < -0.39 is 0 Å². The first kappa shape index (κ1) is 10.7. The third-order valence-electron chi connectivity index (χ3n) is 2.98. The summed E-state index contributed by atoms with van der Waals surface area (Å²) in [5.41, 5.74) is 1.48. The molecule has 2 N–H and O–H groups in total. The Morgan fingerprint density at radius 3 is 2.73 bits per heavy atom. The second kappa shape index (κ2) is 5.29. The van der Waals surface area contributed by atoms with Crippen LogP contribution in [-0.2, 0) is 0 Å². The van der Waals surface area contributed by atoms with Crippen molar-refractivity contribution in [2.24, 2.45) is 0 Å². The first-order valence-electron chi connectivity index (χ1n) is 5.91. The number of likely N-dealkylation sites (N-methyl/N-ethyl adjacent to an activating group) is 1. The second-order valence-electron chi connectivity index (χ2n) is 4.17.